The minimum Gasteiger partial charge on any atom is -0.469 e. The van der Waals surface area contributed by atoms with E-state index in [1.807, 2.05) is 29.2 Å². The molecule has 5 nitrogen and oxygen atoms in total. The van der Waals surface area contributed by atoms with Crippen LogP contribution in [-0.4, -0.2) is 30.7 Å². The van der Waals surface area contributed by atoms with Gasteiger partial charge in [0, 0.05) is 31.8 Å². The highest BCUT2D eigenvalue weighted by Gasteiger charge is 2.28. The zero-order chi connectivity index (χ0) is 15.6. The van der Waals surface area contributed by atoms with Crippen molar-refractivity contribution in [2.75, 3.05) is 19.9 Å². The van der Waals surface area contributed by atoms with Gasteiger partial charge < -0.3 is 18.8 Å². The van der Waals surface area contributed by atoms with Crippen molar-refractivity contribution in [3.8, 4) is 11.5 Å². The Hall–Kier alpha value is -2.43. The van der Waals surface area contributed by atoms with Gasteiger partial charge >= 0.3 is 0 Å². The van der Waals surface area contributed by atoms with Crippen LogP contribution >= 0.6 is 0 Å². The smallest absolute Gasteiger partial charge is 0.231 e. The molecule has 5 heteroatoms. The lowest BCUT2D eigenvalue weighted by Crippen LogP contribution is -2.28. The van der Waals surface area contributed by atoms with E-state index in [2.05, 4.69) is 6.07 Å². The summed E-state index contributed by atoms with van der Waals surface area (Å²) in [7, 11) is 0. The van der Waals surface area contributed by atoms with Crippen molar-refractivity contribution in [2.24, 2.45) is 0 Å². The summed E-state index contributed by atoms with van der Waals surface area (Å²) in [5.41, 5.74) is 1.22. The van der Waals surface area contributed by atoms with Gasteiger partial charge in [0.1, 0.15) is 5.76 Å². The van der Waals surface area contributed by atoms with Gasteiger partial charge in [-0.1, -0.05) is 6.07 Å². The van der Waals surface area contributed by atoms with Gasteiger partial charge in [-0.05, 0) is 36.2 Å². The molecule has 0 saturated carbocycles. The summed E-state index contributed by atoms with van der Waals surface area (Å²) in [4.78, 5) is 14.3. The Morgan fingerprint density at radius 2 is 2.13 bits per heavy atom. The van der Waals surface area contributed by atoms with Gasteiger partial charge in [0.05, 0.1) is 6.26 Å². The Labute approximate surface area is 134 Å². The van der Waals surface area contributed by atoms with Crippen LogP contribution in [0.3, 0.4) is 0 Å². The van der Waals surface area contributed by atoms with Crippen molar-refractivity contribution in [1.29, 1.82) is 0 Å². The number of likely N-dealkylation sites (tertiary alicyclic amines) is 1. The fourth-order valence-corrected chi connectivity index (χ4v) is 3.27. The molecule has 1 aromatic carbocycles. The van der Waals surface area contributed by atoms with Crippen LogP contribution in [0.2, 0.25) is 0 Å². The summed E-state index contributed by atoms with van der Waals surface area (Å²) >= 11 is 0. The second-order valence-corrected chi connectivity index (χ2v) is 6.02. The number of hydrogen-bond donors (Lipinski definition) is 0. The van der Waals surface area contributed by atoms with Crippen molar-refractivity contribution in [1.82, 2.24) is 4.90 Å². The lowest BCUT2D eigenvalue weighted by molar-refractivity contribution is -0.130. The average molecular weight is 313 g/mol. The SMILES string of the molecule is O=C(CCc1ccco1)N1CCC(c2ccc3c(c2)OCO3)C1. The topological polar surface area (TPSA) is 51.9 Å². The van der Waals surface area contributed by atoms with Gasteiger partial charge in [0.15, 0.2) is 11.5 Å². The molecule has 0 spiro atoms. The van der Waals surface area contributed by atoms with Gasteiger partial charge in [-0.3, -0.25) is 4.79 Å². The maximum absolute atomic E-state index is 12.3. The van der Waals surface area contributed by atoms with Crippen molar-refractivity contribution >= 4 is 5.91 Å². The van der Waals surface area contributed by atoms with Crippen molar-refractivity contribution in [3.05, 3.63) is 47.9 Å². The van der Waals surface area contributed by atoms with E-state index in [0.29, 0.717) is 25.6 Å². The molecule has 2 aliphatic heterocycles. The summed E-state index contributed by atoms with van der Waals surface area (Å²) < 4.78 is 16.1. The summed E-state index contributed by atoms with van der Waals surface area (Å²) in [6.45, 7) is 1.88. The minimum absolute atomic E-state index is 0.199. The van der Waals surface area contributed by atoms with Crippen LogP contribution in [0.25, 0.3) is 0 Å². The highest BCUT2D eigenvalue weighted by atomic mass is 16.7. The minimum atomic E-state index is 0.199. The van der Waals surface area contributed by atoms with Crippen LogP contribution in [0.15, 0.2) is 41.0 Å². The molecule has 1 saturated heterocycles. The number of amides is 1. The van der Waals surface area contributed by atoms with Crippen molar-refractivity contribution in [3.63, 3.8) is 0 Å². The molecule has 2 aromatic rings. The highest BCUT2D eigenvalue weighted by molar-refractivity contribution is 5.76. The van der Waals surface area contributed by atoms with Gasteiger partial charge in [0.2, 0.25) is 12.7 Å². The fraction of sp³-hybridized carbons (Fsp3) is 0.389. The molecule has 1 amide bonds. The van der Waals surface area contributed by atoms with Crippen LogP contribution < -0.4 is 9.47 Å². The molecule has 2 aliphatic rings. The standard InChI is InChI=1S/C18H19NO4/c20-18(6-4-15-2-1-9-21-15)19-8-7-14(11-19)13-3-5-16-17(10-13)23-12-22-16/h1-3,5,9-10,14H,4,6-8,11-12H2. The van der Waals surface area contributed by atoms with E-state index in [-0.39, 0.29) is 5.91 Å². The second kappa shape index (κ2) is 5.99. The average Bonchev–Trinajstić information content (AvgIpc) is 3.32. The van der Waals surface area contributed by atoms with E-state index >= 15 is 0 Å². The van der Waals surface area contributed by atoms with Crippen LogP contribution in [0.1, 0.15) is 30.1 Å². The first-order valence-corrected chi connectivity index (χ1v) is 7.99. The third-order valence-corrected chi connectivity index (χ3v) is 4.57. The Balaban J connectivity index is 1.36. The van der Waals surface area contributed by atoms with E-state index in [1.54, 1.807) is 6.26 Å². The number of aryl methyl sites for hydroxylation is 1. The maximum atomic E-state index is 12.3. The molecule has 1 aromatic heterocycles. The first-order valence-electron chi connectivity index (χ1n) is 7.99. The zero-order valence-electron chi connectivity index (χ0n) is 12.9. The molecule has 120 valence electrons. The molecule has 0 N–H and O–H groups in total. The lowest BCUT2D eigenvalue weighted by atomic mass is 9.98. The summed E-state index contributed by atoms with van der Waals surface area (Å²) in [6.07, 6.45) is 3.80. The molecule has 0 radical (unpaired) electrons. The number of rotatable bonds is 4. The third kappa shape index (κ3) is 2.91. The highest BCUT2D eigenvalue weighted by Crippen LogP contribution is 2.37. The lowest BCUT2D eigenvalue weighted by Gasteiger charge is -2.16. The molecule has 0 bridgehead atoms. The van der Waals surface area contributed by atoms with Crippen LogP contribution in [0.4, 0.5) is 0 Å². The second-order valence-electron chi connectivity index (χ2n) is 6.02. The first kappa shape index (κ1) is 14.2. The predicted octanol–water partition coefficient (Wildman–Crippen LogP) is 2.96. The molecule has 23 heavy (non-hydrogen) atoms. The van der Waals surface area contributed by atoms with Crippen molar-refractivity contribution in [2.45, 2.75) is 25.2 Å². The van der Waals surface area contributed by atoms with E-state index < -0.39 is 0 Å². The van der Waals surface area contributed by atoms with Gasteiger partial charge in [-0.15, -0.1) is 0 Å². The number of nitrogens with zero attached hydrogens (tertiary/aromatic N) is 1. The maximum Gasteiger partial charge on any atom is 0.231 e. The molecule has 4 rings (SSSR count). The molecular weight excluding hydrogens is 294 g/mol. The predicted molar refractivity (Wildman–Crippen MR) is 83.5 cm³/mol. The Bertz CT molecular complexity index is 695. The number of carbonyl (C=O) groups is 1. The summed E-state index contributed by atoms with van der Waals surface area (Å²) in [5, 5.41) is 0. The van der Waals surface area contributed by atoms with Gasteiger partial charge in [0.25, 0.3) is 0 Å². The molecule has 3 heterocycles. The Morgan fingerprint density at radius 1 is 1.22 bits per heavy atom. The first-order chi connectivity index (χ1) is 11.3. The fourth-order valence-electron chi connectivity index (χ4n) is 3.27. The van der Waals surface area contributed by atoms with E-state index in [9.17, 15) is 4.79 Å². The monoisotopic (exact) mass is 313 g/mol. The number of carbonyl (C=O) groups excluding carboxylic acids is 1. The zero-order valence-corrected chi connectivity index (χ0v) is 12.9. The Kier molecular flexibility index (Phi) is 3.69. The number of ether oxygens (including phenoxy) is 2. The number of hydrogen-bond acceptors (Lipinski definition) is 4. The number of fused-ring (bicyclic) bond motifs is 1. The molecule has 0 aliphatic carbocycles. The molecule has 1 fully saturated rings. The number of furan rings is 1. The quantitative estimate of drug-likeness (QED) is 0.871. The van der Waals surface area contributed by atoms with E-state index in [4.69, 9.17) is 13.9 Å². The Morgan fingerprint density at radius 3 is 3.00 bits per heavy atom. The van der Waals surface area contributed by atoms with Gasteiger partial charge in [-0.2, -0.15) is 0 Å². The van der Waals surface area contributed by atoms with E-state index in [1.165, 1.54) is 5.56 Å². The van der Waals surface area contributed by atoms with E-state index in [0.717, 1.165) is 36.8 Å². The molecule has 1 unspecified atom stereocenters. The summed E-state index contributed by atoms with van der Waals surface area (Å²) in [6, 6.07) is 9.84. The normalized spacial score (nSPS) is 19.3. The molecular formula is C18H19NO4. The largest absolute Gasteiger partial charge is 0.469 e. The van der Waals surface area contributed by atoms with Crippen LogP contribution in [-0.2, 0) is 11.2 Å². The van der Waals surface area contributed by atoms with Gasteiger partial charge in [-0.25, -0.2) is 0 Å². The number of benzene rings is 1. The van der Waals surface area contributed by atoms with Crippen LogP contribution in [0.5, 0.6) is 11.5 Å². The summed E-state index contributed by atoms with van der Waals surface area (Å²) in [5.74, 6) is 3.05. The third-order valence-electron chi connectivity index (χ3n) is 4.57. The van der Waals surface area contributed by atoms with Crippen LogP contribution in [0, 0.1) is 0 Å². The van der Waals surface area contributed by atoms with Crippen molar-refractivity contribution < 1.29 is 18.7 Å². The molecule has 1 atom stereocenters.